The van der Waals surface area contributed by atoms with Crippen molar-refractivity contribution in [2.45, 2.75) is 21.3 Å². The Hall–Kier alpha value is -14.2. The van der Waals surface area contributed by atoms with Crippen LogP contribution in [0.25, 0.3) is 123 Å². The van der Waals surface area contributed by atoms with Gasteiger partial charge in [0.1, 0.15) is 62.8 Å². The second-order valence-corrected chi connectivity index (χ2v) is 23.5. The lowest BCUT2D eigenvalue weighted by Crippen LogP contribution is -2.05. The minimum Gasteiger partial charge on any atom is -0.497 e. The van der Waals surface area contributed by atoms with Crippen LogP contribution in [0, 0.1) is 37.5 Å². The summed E-state index contributed by atoms with van der Waals surface area (Å²) in [6.07, 6.45) is 0. The molecule has 15 aromatic rings. The molecule has 0 N–H and O–H groups in total. The largest absolute Gasteiger partial charge is 0.497 e. The molecule has 0 radical (unpaired) electrons. The standard InChI is InChI=1S/C30H22N6O2.C30H22N6O.C16H8.C7H7N3.CH4/c1-37-21-15-11-19(12-16-21)35-29-25-9-5-6-10-26(25)30-28(24-8-4-3-7-23(24)27(29)31-33-35)32-34-36(30)20-13-17-22(38-2)18-14-20;1-19-11-13-20(14-12-19)35-29-25-9-5-3-7-23(25)28-30(26-10-6-4-8-24(26)27(29)31-33-35)36(34-32-28)21-15-17-22(37-2)18-16-21;1-2-6-14-11-12-16-8-4-3-7-15(16)10-9-13(14)5-1;1-6-2-4-7(5-3-6)9-10-8;/h3-18H,1-2H3;3-18H,1-2H3;1-8H;2-5H,1H3;1H4. The molecule has 18 heteroatoms. The first-order valence-electron chi connectivity index (χ1n) is 32.3. The smallest absolute Gasteiger partial charge is 0.122 e. The van der Waals surface area contributed by atoms with Crippen LogP contribution in [0.4, 0.5) is 5.69 Å². The van der Waals surface area contributed by atoms with Gasteiger partial charge in [0.15, 0.2) is 0 Å². The van der Waals surface area contributed by atoms with E-state index in [1.165, 1.54) is 5.56 Å². The lowest BCUT2D eigenvalue weighted by atomic mass is 9.89. The summed E-state index contributed by atoms with van der Waals surface area (Å²) in [4.78, 5) is 2.66. The number of aryl methyl sites for hydroxylation is 2. The third kappa shape index (κ3) is 12.7. The molecule has 0 fully saturated rings. The highest BCUT2D eigenvalue weighted by Gasteiger charge is 2.33. The Bertz CT molecular complexity index is 5510. The molecule has 0 unspecified atom stereocenters. The highest BCUT2D eigenvalue weighted by molar-refractivity contribution is 6.01. The van der Waals surface area contributed by atoms with Crippen molar-refractivity contribution in [1.29, 1.82) is 0 Å². The third-order valence-corrected chi connectivity index (χ3v) is 17.4. The van der Waals surface area contributed by atoms with Gasteiger partial charge in [0.2, 0.25) is 0 Å². The predicted octanol–water partition coefficient (Wildman–Crippen LogP) is 18.4. The maximum Gasteiger partial charge on any atom is 0.122 e. The monoisotopic (exact) mass is 1330 g/mol. The molecule has 18 nitrogen and oxygen atoms in total. The summed E-state index contributed by atoms with van der Waals surface area (Å²) in [5.41, 5.74) is 33.3. The van der Waals surface area contributed by atoms with E-state index in [9.17, 15) is 0 Å². The van der Waals surface area contributed by atoms with Crippen molar-refractivity contribution in [3.05, 3.63) is 311 Å². The number of nitrogens with zero attached hydrogens (tertiary/aromatic N) is 15. The van der Waals surface area contributed by atoms with E-state index in [2.05, 4.69) is 144 Å². The minimum absolute atomic E-state index is 0. The summed E-state index contributed by atoms with van der Waals surface area (Å²) < 4.78 is 23.7. The normalized spacial score (nSPS) is 10.9. The molecule has 0 saturated heterocycles. The number of methoxy groups -OCH3 is 3. The molecule has 4 aromatic heterocycles. The van der Waals surface area contributed by atoms with Gasteiger partial charge in [-0.2, -0.15) is 0 Å². The molecule has 0 spiro atoms. The molecule has 0 atom stereocenters. The molecule has 102 heavy (non-hydrogen) atoms. The Labute approximate surface area is 589 Å². The maximum absolute atomic E-state index is 8.05. The maximum atomic E-state index is 8.05. The number of benzene rings is 11. The van der Waals surface area contributed by atoms with E-state index in [0.29, 0.717) is 5.69 Å². The first-order valence-corrected chi connectivity index (χ1v) is 32.3. The summed E-state index contributed by atoms with van der Waals surface area (Å²) in [7, 11) is 4.98. The number of aromatic nitrogens is 12. The number of hydrogen-bond donors (Lipinski definition) is 0. The van der Waals surface area contributed by atoms with Crippen molar-refractivity contribution in [3.8, 4) is 154 Å². The van der Waals surface area contributed by atoms with Gasteiger partial charge in [0, 0.05) is 77.4 Å². The molecule has 0 saturated carbocycles. The van der Waals surface area contributed by atoms with Crippen LogP contribution >= 0.6 is 0 Å². The highest BCUT2D eigenvalue weighted by atomic mass is 16.5. The van der Waals surface area contributed by atoms with Crippen LogP contribution in [-0.4, -0.2) is 81.3 Å². The summed E-state index contributed by atoms with van der Waals surface area (Å²) in [5, 5.41) is 40.8. The Morgan fingerprint density at radius 1 is 0.304 bits per heavy atom. The average molecular weight is 1330 g/mol. The first-order chi connectivity index (χ1) is 49.7. The van der Waals surface area contributed by atoms with Crippen LogP contribution in [0.2, 0.25) is 0 Å². The Kier molecular flexibility index (Phi) is 18.4. The fourth-order valence-electron chi connectivity index (χ4n) is 12.3. The lowest BCUT2D eigenvalue weighted by molar-refractivity contribution is 0.414. The number of ether oxygens (including phenoxy) is 3. The number of azide groups is 1. The van der Waals surface area contributed by atoms with Crippen molar-refractivity contribution in [2.75, 3.05) is 21.3 Å². The Morgan fingerprint density at radius 2 is 0.529 bits per heavy atom. The molecule has 0 aliphatic heterocycles. The van der Waals surface area contributed by atoms with Crippen molar-refractivity contribution in [3.63, 3.8) is 0 Å². The molecule has 0 amide bonds. The zero-order valence-corrected chi connectivity index (χ0v) is 55.3. The Morgan fingerprint density at radius 3 is 0.794 bits per heavy atom. The predicted molar refractivity (Wildman–Crippen MR) is 399 cm³/mol. The summed E-state index contributed by atoms with van der Waals surface area (Å²) in [6, 6.07) is 88.0. The van der Waals surface area contributed by atoms with Gasteiger partial charge in [0.25, 0.3) is 0 Å². The fraction of sp³-hybridized carbons (Fsp3) is 0.0714. The average Bonchev–Trinajstić information content (AvgIpc) is 1.54. The second kappa shape index (κ2) is 28.9. The van der Waals surface area contributed by atoms with E-state index in [1.807, 2.05) is 208 Å². The van der Waals surface area contributed by atoms with Crippen LogP contribution in [0.3, 0.4) is 0 Å². The summed E-state index contributed by atoms with van der Waals surface area (Å²) in [5.74, 6) is 15.0. The number of rotatable bonds is 8. The molecular weight excluding hydrogens is 1270 g/mol. The SMILES string of the molecule is C.C1#Cc2ccccc2C#Cc2ccccc21.COc1ccc(-n2nnc3c2-c2ccccc2-c2c(nnn2-c2ccc(OC)cc2)-c2ccccc2-3)cc1.COc1ccc(-n2nnc3c2-c2ccccc2-c2nnn(-c4ccc(C)cc4)c2-c2ccccc2-3)cc1.Cc1ccc(N=[N+]=[N-])cc1. The van der Waals surface area contributed by atoms with Crippen molar-refractivity contribution < 1.29 is 14.2 Å². The highest BCUT2D eigenvalue weighted by Crippen LogP contribution is 2.49. The van der Waals surface area contributed by atoms with E-state index in [-0.39, 0.29) is 7.43 Å². The summed E-state index contributed by atoms with van der Waals surface area (Å²) in [6.45, 7) is 4.06. The van der Waals surface area contributed by atoms with E-state index in [4.69, 9.17) is 29.9 Å². The van der Waals surface area contributed by atoms with Crippen LogP contribution < -0.4 is 14.2 Å². The van der Waals surface area contributed by atoms with Crippen LogP contribution in [0.5, 0.6) is 17.2 Å². The zero-order valence-electron chi connectivity index (χ0n) is 55.3. The third-order valence-electron chi connectivity index (χ3n) is 17.4. The van der Waals surface area contributed by atoms with E-state index >= 15 is 0 Å². The topological polar surface area (TPSA) is 199 Å². The van der Waals surface area contributed by atoms with Gasteiger partial charge < -0.3 is 14.2 Å². The lowest BCUT2D eigenvalue weighted by Gasteiger charge is -2.19. The molecule has 3 aliphatic rings. The number of fused-ring (bicyclic) bond motifs is 18. The van der Waals surface area contributed by atoms with E-state index < -0.39 is 0 Å². The minimum atomic E-state index is 0. The van der Waals surface area contributed by atoms with Gasteiger partial charge in [-0.1, -0.05) is 226 Å². The molecule has 0 bridgehead atoms. The zero-order chi connectivity index (χ0) is 68.8. The molecular formula is C84H63N15O3. The van der Waals surface area contributed by atoms with E-state index in [0.717, 1.165) is 158 Å². The molecule has 492 valence electrons. The summed E-state index contributed by atoms with van der Waals surface area (Å²) >= 11 is 0. The van der Waals surface area contributed by atoms with E-state index in [1.54, 1.807) is 33.5 Å². The van der Waals surface area contributed by atoms with Crippen LogP contribution in [0.15, 0.2) is 272 Å². The second-order valence-electron chi connectivity index (χ2n) is 23.5. The van der Waals surface area contributed by atoms with Gasteiger partial charge in [0.05, 0.1) is 44.1 Å². The molecule has 11 aromatic carbocycles. The molecule has 18 rings (SSSR count). The molecule has 3 aliphatic carbocycles. The van der Waals surface area contributed by atoms with Crippen molar-refractivity contribution in [1.82, 2.24) is 60.0 Å². The number of hydrogen-bond acceptors (Lipinski definition) is 12. The van der Waals surface area contributed by atoms with Gasteiger partial charge >= 0.3 is 0 Å². The van der Waals surface area contributed by atoms with Gasteiger partial charge in [-0.05, 0) is 129 Å². The van der Waals surface area contributed by atoms with Crippen LogP contribution in [0.1, 0.15) is 40.8 Å². The van der Waals surface area contributed by atoms with Gasteiger partial charge in [-0.3, -0.25) is 0 Å². The van der Waals surface area contributed by atoms with Gasteiger partial charge in [-0.25, -0.2) is 18.7 Å². The van der Waals surface area contributed by atoms with Crippen LogP contribution in [-0.2, 0) is 0 Å². The first kappa shape index (κ1) is 65.1. The molecule has 4 heterocycles. The van der Waals surface area contributed by atoms with Gasteiger partial charge in [-0.15, -0.1) is 20.4 Å². The quantitative estimate of drug-likeness (QED) is 0.0607. The van der Waals surface area contributed by atoms with Crippen molar-refractivity contribution >= 4 is 5.69 Å². The van der Waals surface area contributed by atoms with Crippen molar-refractivity contribution in [2.24, 2.45) is 5.11 Å². The fourth-order valence-corrected chi connectivity index (χ4v) is 12.3. The Balaban J connectivity index is 0.000000128.